The number of aryl methyl sites for hydroxylation is 1. The molecule has 1 atom stereocenters. The first-order valence-corrected chi connectivity index (χ1v) is 10.4. The molecule has 2 aromatic carbocycles. The number of amides is 1. The topological polar surface area (TPSA) is 94.4 Å². The van der Waals surface area contributed by atoms with Crippen molar-refractivity contribution in [1.29, 1.82) is 0 Å². The summed E-state index contributed by atoms with van der Waals surface area (Å²) in [4.78, 5) is 29.2. The largest absolute Gasteiger partial charge is 0.497 e. The minimum absolute atomic E-state index is 0.0239. The van der Waals surface area contributed by atoms with Crippen LogP contribution in [0.4, 0.5) is 10.8 Å². The Morgan fingerprint density at radius 2 is 1.86 bits per heavy atom. The molecular weight excluding hydrogens is 410 g/mol. The first-order valence-electron chi connectivity index (χ1n) is 8.71. The summed E-state index contributed by atoms with van der Waals surface area (Å²) in [6.45, 7) is 3.74. The third-order valence-electron chi connectivity index (χ3n) is 4.12. The average Bonchev–Trinajstić information content (AvgIpc) is 3.08. The van der Waals surface area contributed by atoms with E-state index < -0.39 is 4.92 Å². The van der Waals surface area contributed by atoms with Gasteiger partial charge in [0.1, 0.15) is 5.75 Å². The summed E-state index contributed by atoms with van der Waals surface area (Å²) in [5.41, 5.74) is 1.80. The van der Waals surface area contributed by atoms with Crippen molar-refractivity contribution in [1.82, 2.24) is 4.98 Å². The number of nitrogens with zero attached hydrogens (tertiary/aromatic N) is 2. The van der Waals surface area contributed by atoms with E-state index in [1.54, 1.807) is 26.2 Å². The molecule has 9 heteroatoms. The van der Waals surface area contributed by atoms with Gasteiger partial charge in [-0.05, 0) is 50.2 Å². The lowest BCUT2D eigenvalue weighted by Crippen LogP contribution is -2.22. The smallest absolute Gasteiger partial charge is 0.269 e. The Morgan fingerprint density at radius 1 is 1.21 bits per heavy atom. The van der Waals surface area contributed by atoms with Crippen molar-refractivity contribution in [2.45, 2.75) is 24.0 Å². The van der Waals surface area contributed by atoms with Crippen molar-refractivity contribution in [2.24, 2.45) is 0 Å². The maximum atomic E-state index is 12.5. The lowest BCUT2D eigenvalue weighted by molar-refractivity contribution is -0.384. The zero-order valence-corrected chi connectivity index (χ0v) is 17.7. The Morgan fingerprint density at radius 3 is 2.45 bits per heavy atom. The Hall–Kier alpha value is -2.91. The predicted octanol–water partition coefficient (Wildman–Crippen LogP) is 5.15. The molecule has 0 saturated heterocycles. The van der Waals surface area contributed by atoms with Gasteiger partial charge in [-0.2, -0.15) is 0 Å². The van der Waals surface area contributed by atoms with Gasteiger partial charge in [-0.15, -0.1) is 23.1 Å². The standard InChI is InChI=1S/C20H19N3O4S2/c1-12-18(14-4-8-16(27-3)9-5-14)21-20(29-12)22-19(24)13(2)28-17-10-6-15(7-11-17)23(25)26/h4-11,13H,1-3H3,(H,21,22,24). The number of nitrogens with one attached hydrogen (secondary N) is 1. The molecular formula is C20H19N3O4S2. The van der Waals surface area contributed by atoms with Crippen molar-refractivity contribution < 1.29 is 14.5 Å². The van der Waals surface area contributed by atoms with Crippen molar-refractivity contribution in [3.63, 3.8) is 0 Å². The van der Waals surface area contributed by atoms with Crippen LogP contribution in [-0.4, -0.2) is 28.2 Å². The summed E-state index contributed by atoms with van der Waals surface area (Å²) in [5.74, 6) is 0.593. The molecule has 0 spiro atoms. The first-order chi connectivity index (χ1) is 13.9. The van der Waals surface area contributed by atoms with Crippen LogP contribution >= 0.6 is 23.1 Å². The highest BCUT2D eigenvalue weighted by Gasteiger charge is 2.18. The molecule has 150 valence electrons. The normalized spacial score (nSPS) is 11.7. The summed E-state index contributed by atoms with van der Waals surface area (Å²) in [5, 5.41) is 13.7. The molecule has 3 rings (SSSR count). The van der Waals surface area contributed by atoms with Crippen molar-refractivity contribution in [3.8, 4) is 17.0 Å². The lowest BCUT2D eigenvalue weighted by Gasteiger charge is -2.10. The number of nitro benzene ring substituents is 1. The van der Waals surface area contributed by atoms with Crippen LogP contribution in [0.15, 0.2) is 53.4 Å². The molecule has 29 heavy (non-hydrogen) atoms. The molecule has 0 aliphatic carbocycles. The highest BCUT2D eigenvalue weighted by molar-refractivity contribution is 8.00. The number of non-ortho nitro benzene ring substituents is 1. The molecule has 1 amide bonds. The molecule has 1 N–H and O–H groups in total. The average molecular weight is 430 g/mol. The summed E-state index contributed by atoms with van der Waals surface area (Å²) >= 11 is 2.75. The van der Waals surface area contributed by atoms with Crippen LogP contribution in [0.3, 0.4) is 0 Å². The zero-order chi connectivity index (χ0) is 21.0. The number of nitro groups is 1. The van der Waals surface area contributed by atoms with E-state index in [-0.39, 0.29) is 16.8 Å². The number of carbonyl (C=O) groups is 1. The fraction of sp³-hybridized carbons (Fsp3) is 0.200. The van der Waals surface area contributed by atoms with E-state index in [0.29, 0.717) is 5.13 Å². The predicted molar refractivity (Wildman–Crippen MR) is 116 cm³/mol. The number of rotatable bonds is 7. The van der Waals surface area contributed by atoms with Crippen molar-refractivity contribution >= 4 is 39.8 Å². The number of aromatic nitrogens is 1. The van der Waals surface area contributed by atoms with E-state index in [9.17, 15) is 14.9 Å². The molecule has 3 aromatic rings. The van der Waals surface area contributed by atoms with Crippen LogP contribution in [0.5, 0.6) is 5.75 Å². The molecule has 0 fully saturated rings. The van der Waals surface area contributed by atoms with Crippen molar-refractivity contribution in [3.05, 3.63) is 63.5 Å². The van der Waals surface area contributed by atoms with Crippen LogP contribution < -0.4 is 10.1 Å². The quantitative estimate of drug-likeness (QED) is 0.317. The number of benzene rings is 2. The van der Waals surface area contributed by atoms with Gasteiger partial charge in [0.2, 0.25) is 5.91 Å². The van der Waals surface area contributed by atoms with E-state index >= 15 is 0 Å². The number of carbonyl (C=O) groups excluding carboxylic acids is 1. The van der Waals surface area contributed by atoms with Crippen molar-refractivity contribution in [2.75, 3.05) is 12.4 Å². The molecule has 1 heterocycles. The number of thiazole rings is 1. The first kappa shape index (κ1) is 20.8. The van der Waals surface area contributed by atoms with E-state index in [2.05, 4.69) is 10.3 Å². The van der Waals surface area contributed by atoms with E-state index in [4.69, 9.17) is 4.74 Å². The SMILES string of the molecule is COc1ccc(-c2nc(NC(=O)C(C)Sc3ccc([N+](=O)[O-])cc3)sc2C)cc1. The van der Waals surface area contributed by atoms with E-state index in [1.165, 1.54) is 35.2 Å². The van der Waals surface area contributed by atoms with Gasteiger partial charge in [0.15, 0.2) is 5.13 Å². The van der Waals surface area contributed by atoms with Gasteiger partial charge in [-0.25, -0.2) is 4.98 Å². The summed E-state index contributed by atoms with van der Waals surface area (Å²) in [6, 6.07) is 13.7. The van der Waals surface area contributed by atoms with Gasteiger partial charge in [-0.1, -0.05) is 0 Å². The Labute approximate surface area is 176 Å². The number of hydrogen-bond donors (Lipinski definition) is 1. The summed E-state index contributed by atoms with van der Waals surface area (Å²) < 4.78 is 5.18. The number of ether oxygens (including phenoxy) is 1. The Kier molecular flexibility index (Phi) is 6.50. The molecule has 1 unspecified atom stereocenters. The number of hydrogen-bond acceptors (Lipinski definition) is 7. The lowest BCUT2D eigenvalue weighted by atomic mass is 10.1. The van der Waals surface area contributed by atoms with E-state index in [1.807, 2.05) is 31.2 Å². The van der Waals surface area contributed by atoms with Gasteiger partial charge in [0.05, 0.1) is 23.0 Å². The van der Waals surface area contributed by atoms with Crippen LogP contribution in [0.2, 0.25) is 0 Å². The van der Waals surface area contributed by atoms with E-state index in [0.717, 1.165) is 26.8 Å². The fourth-order valence-electron chi connectivity index (χ4n) is 2.58. The summed E-state index contributed by atoms with van der Waals surface area (Å²) in [7, 11) is 1.62. The third-order valence-corrected chi connectivity index (χ3v) is 6.12. The zero-order valence-electron chi connectivity index (χ0n) is 16.0. The van der Waals surface area contributed by atoms with Crippen LogP contribution in [0.1, 0.15) is 11.8 Å². The summed E-state index contributed by atoms with van der Waals surface area (Å²) in [6.07, 6.45) is 0. The molecule has 0 bridgehead atoms. The monoisotopic (exact) mass is 429 g/mol. The fourth-order valence-corrected chi connectivity index (χ4v) is 4.28. The molecule has 0 saturated carbocycles. The minimum atomic E-state index is -0.449. The molecule has 0 aliphatic rings. The number of thioether (sulfide) groups is 1. The van der Waals surface area contributed by atoms with Crippen LogP contribution in [0, 0.1) is 17.0 Å². The van der Waals surface area contributed by atoms with Crippen LogP contribution in [-0.2, 0) is 4.79 Å². The van der Waals surface area contributed by atoms with Gasteiger partial charge in [0.25, 0.3) is 5.69 Å². The molecule has 0 aliphatic heterocycles. The van der Waals surface area contributed by atoms with Gasteiger partial charge in [-0.3, -0.25) is 14.9 Å². The van der Waals surface area contributed by atoms with Gasteiger partial charge < -0.3 is 10.1 Å². The number of anilines is 1. The number of methoxy groups -OCH3 is 1. The second-order valence-corrected chi connectivity index (χ2v) is 8.77. The minimum Gasteiger partial charge on any atom is -0.497 e. The molecule has 1 aromatic heterocycles. The molecule has 0 radical (unpaired) electrons. The third kappa shape index (κ3) is 5.12. The molecule has 7 nitrogen and oxygen atoms in total. The van der Waals surface area contributed by atoms with Gasteiger partial charge >= 0.3 is 0 Å². The maximum Gasteiger partial charge on any atom is 0.269 e. The Balaban J connectivity index is 1.66. The highest BCUT2D eigenvalue weighted by Crippen LogP contribution is 2.32. The second-order valence-electron chi connectivity index (χ2n) is 6.15. The Bertz CT molecular complexity index is 1020. The maximum absolute atomic E-state index is 12.5. The van der Waals surface area contributed by atoms with Gasteiger partial charge in [0, 0.05) is 27.5 Å². The second kappa shape index (κ2) is 9.06. The van der Waals surface area contributed by atoms with Crippen LogP contribution in [0.25, 0.3) is 11.3 Å². The highest BCUT2D eigenvalue weighted by atomic mass is 32.2.